The van der Waals surface area contributed by atoms with E-state index in [0.29, 0.717) is 17.5 Å². The zero-order valence-electron chi connectivity index (χ0n) is 38.6. The molecule has 18 unspecified atom stereocenters. The Morgan fingerprint density at radius 1 is 0.450 bits per heavy atom. The summed E-state index contributed by atoms with van der Waals surface area (Å²) in [5.41, 5.74) is 5.15. The van der Waals surface area contributed by atoms with Crippen LogP contribution in [0.3, 0.4) is 0 Å². The maximum atomic E-state index is 3.38. The number of fused-ring (bicyclic) bond motifs is 13. The van der Waals surface area contributed by atoms with Gasteiger partial charge in [0.05, 0.1) is 0 Å². The summed E-state index contributed by atoms with van der Waals surface area (Å²) in [4.78, 5) is 3.38. The van der Waals surface area contributed by atoms with Gasteiger partial charge in [-0.25, -0.2) is 0 Å². The molecule has 0 radical (unpaired) electrons. The SMILES string of the molecule is C1=CC(N(C2C=CC(C3CCCCC3)CC2)C2CCC3C(C2)C2CCCCC2C32C3CC4C5CCCCC5C5CCCC(=C3C3CCCCC32)C54)C(C2CCCCC2)CC1. The van der Waals surface area contributed by atoms with E-state index in [4.69, 9.17) is 0 Å². The van der Waals surface area contributed by atoms with Crippen LogP contribution in [-0.2, 0) is 0 Å². The molecular formula is C59H89N. The molecule has 1 spiro atoms. The molecule has 0 heterocycles. The van der Waals surface area contributed by atoms with Crippen molar-refractivity contribution in [1.82, 2.24) is 4.90 Å². The summed E-state index contributed by atoms with van der Waals surface area (Å²) >= 11 is 0. The second-order valence-corrected chi connectivity index (χ2v) is 25.5. The van der Waals surface area contributed by atoms with Crippen LogP contribution in [0.4, 0.5) is 0 Å². The van der Waals surface area contributed by atoms with E-state index in [1.165, 1.54) is 103 Å². The summed E-state index contributed by atoms with van der Waals surface area (Å²) < 4.78 is 0. The normalized spacial score (nSPS) is 51.5. The highest BCUT2D eigenvalue weighted by atomic mass is 15.2. The van der Waals surface area contributed by atoms with Crippen molar-refractivity contribution in [2.24, 2.45) is 100 Å². The molecule has 1 heteroatoms. The van der Waals surface area contributed by atoms with E-state index in [1.807, 2.05) is 0 Å². The van der Waals surface area contributed by atoms with Gasteiger partial charge in [-0.15, -0.1) is 0 Å². The Kier molecular flexibility index (Phi) is 10.7. The molecule has 18 atom stereocenters. The molecular weight excluding hydrogens is 723 g/mol. The molecule has 13 aliphatic carbocycles. The van der Waals surface area contributed by atoms with E-state index in [9.17, 15) is 0 Å². The monoisotopic (exact) mass is 812 g/mol. The van der Waals surface area contributed by atoms with Crippen LogP contribution in [0.15, 0.2) is 35.5 Å². The van der Waals surface area contributed by atoms with Gasteiger partial charge in [-0.05, 0) is 222 Å². The van der Waals surface area contributed by atoms with Crippen LogP contribution >= 0.6 is 0 Å². The summed E-state index contributed by atoms with van der Waals surface area (Å²) in [7, 11) is 0. The smallest absolute Gasteiger partial charge is 0.0318 e. The summed E-state index contributed by atoms with van der Waals surface area (Å²) in [6, 6.07) is 2.21. The molecule has 330 valence electrons. The summed E-state index contributed by atoms with van der Waals surface area (Å²) in [6.45, 7) is 0. The Hall–Kier alpha value is -0.820. The van der Waals surface area contributed by atoms with E-state index in [-0.39, 0.29) is 0 Å². The maximum Gasteiger partial charge on any atom is 0.0318 e. The van der Waals surface area contributed by atoms with Crippen molar-refractivity contribution in [3.63, 3.8) is 0 Å². The van der Waals surface area contributed by atoms with Crippen LogP contribution in [-0.4, -0.2) is 23.0 Å². The Balaban J connectivity index is 0.868. The second-order valence-electron chi connectivity index (χ2n) is 25.5. The van der Waals surface area contributed by atoms with Crippen molar-refractivity contribution in [3.05, 3.63) is 35.5 Å². The van der Waals surface area contributed by atoms with Crippen LogP contribution < -0.4 is 0 Å². The van der Waals surface area contributed by atoms with Crippen LogP contribution in [0.1, 0.15) is 212 Å². The molecule has 60 heavy (non-hydrogen) atoms. The van der Waals surface area contributed by atoms with E-state index in [2.05, 4.69) is 40.4 Å². The van der Waals surface area contributed by atoms with Gasteiger partial charge in [-0.1, -0.05) is 125 Å². The zero-order chi connectivity index (χ0) is 39.4. The highest BCUT2D eigenvalue weighted by Gasteiger charge is 2.73. The molecule has 13 rings (SSSR count). The predicted octanol–water partition coefficient (Wildman–Crippen LogP) is 15.7. The first-order valence-corrected chi connectivity index (χ1v) is 28.6. The van der Waals surface area contributed by atoms with Gasteiger partial charge in [0.1, 0.15) is 0 Å². The third kappa shape index (κ3) is 6.09. The first kappa shape index (κ1) is 39.5. The molecule has 0 saturated heterocycles. The molecule has 0 N–H and O–H groups in total. The fourth-order valence-corrected chi connectivity index (χ4v) is 22.5. The predicted molar refractivity (Wildman–Crippen MR) is 249 cm³/mol. The van der Waals surface area contributed by atoms with Crippen LogP contribution in [0.25, 0.3) is 0 Å². The maximum absolute atomic E-state index is 3.38. The Morgan fingerprint density at radius 3 is 1.93 bits per heavy atom. The number of hydrogen-bond donors (Lipinski definition) is 0. The van der Waals surface area contributed by atoms with Crippen molar-refractivity contribution in [1.29, 1.82) is 0 Å². The molecule has 10 fully saturated rings. The summed E-state index contributed by atoms with van der Waals surface area (Å²) in [5, 5.41) is 0. The lowest BCUT2D eigenvalue weighted by Crippen LogP contribution is -2.56. The minimum absolute atomic E-state index is 0.678. The van der Waals surface area contributed by atoms with Crippen LogP contribution in [0.2, 0.25) is 0 Å². The number of nitrogens with zero attached hydrogens (tertiary/aromatic N) is 1. The molecule has 13 aliphatic rings. The van der Waals surface area contributed by atoms with Gasteiger partial charge in [0.15, 0.2) is 0 Å². The lowest BCUT2D eigenvalue weighted by atomic mass is 9.51. The molecule has 0 aliphatic heterocycles. The number of allylic oxidation sites excluding steroid dienone is 4. The number of rotatable bonds is 5. The quantitative estimate of drug-likeness (QED) is 0.250. The van der Waals surface area contributed by atoms with Gasteiger partial charge in [-0.3, -0.25) is 4.90 Å². The van der Waals surface area contributed by atoms with Gasteiger partial charge in [0.2, 0.25) is 0 Å². The first-order valence-electron chi connectivity index (χ1n) is 28.6. The van der Waals surface area contributed by atoms with Crippen molar-refractivity contribution in [3.8, 4) is 0 Å². The molecule has 0 aromatic heterocycles. The van der Waals surface area contributed by atoms with Crippen LogP contribution in [0, 0.1) is 100 Å². The first-order chi connectivity index (χ1) is 29.8. The van der Waals surface area contributed by atoms with Gasteiger partial charge in [0.25, 0.3) is 0 Å². The Labute approximate surface area is 369 Å². The summed E-state index contributed by atoms with van der Waals surface area (Å²) in [6.07, 6.45) is 62.2. The second kappa shape index (κ2) is 16.3. The Morgan fingerprint density at radius 2 is 1.13 bits per heavy atom. The average Bonchev–Trinajstić information content (AvgIpc) is 3.92. The fourth-order valence-electron chi connectivity index (χ4n) is 22.5. The highest BCUT2D eigenvalue weighted by Crippen LogP contribution is 2.80. The third-order valence-corrected chi connectivity index (χ3v) is 23.9. The minimum Gasteiger partial charge on any atom is -0.287 e. The van der Waals surface area contributed by atoms with Gasteiger partial charge in [0, 0.05) is 18.1 Å². The fraction of sp³-hybridized carbons (Fsp3) is 0.898. The molecule has 0 aromatic rings. The molecule has 0 amide bonds. The summed E-state index contributed by atoms with van der Waals surface area (Å²) in [5.74, 6) is 16.4. The lowest BCUT2D eigenvalue weighted by molar-refractivity contribution is -0.0499. The average molecular weight is 812 g/mol. The standard InChI is InChI=1S/C59H89N/c1-3-16-38(17-4-1)39-30-32-41(33-31-39)60(56-29-14-11-20-43(56)40-18-5-2-6-19-40)42-34-35-54-50(36-42)46-23-9-12-27-52(46)59(54)53-28-13-10-24-48(53)58-49-26-15-25-47-44-21-7-8-22-45(44)51(57(47)49)37-55(58)59/h14,29-30,32,38-48,50-57H,1-13,15-28,31,33-37H2. The highest BCUT2D eigenvalue weighted by molar-refractivity contribution is 5.40. The van der Waals surface area contributed by atoms with E-state index in [1.54, 1.807) is 109 Å². The largest absolute Gasteiger partial charge is 0.287 e. The minimum atomic E-state index is 0.678. The van der Waals surface area contributed by atoms with Crippen LogP contribution in [0.5, 0.6) is 0 Å². The third-order valence-electron chi connectivity index (χ3n) is 23.9. The van der Waals surface area contributed by atoms with E-state index in [0.717, 1.165) is 101 Å². The van der Waals surface area contributed by atoms with Crippen molar-refractivity contribution < 1.29 is 0 Å². The van der Waals surface area contributed by atoms with Crippen molar-refractivity contribution in [2.45, 2.75) is 230 Å². The van der Waals surface area contributed by atoms with E-state index < -0.39 is 0 Å². The zero-order valence-corrected chi connectivity index (χ0v) is 38.6. The topological polar surface area (TPSA) is 3.24 Å². The lowest BCUT2D eigenvalue weighted by Gasteiger charge is -2.55. The Bertz CT molecular complexity index is 1640. The van der Waals surface area contributed by atoms with Crippen molar-refractivity contribution >= 4 is 0 Å². The van der Waals surface area contributed by atoms with Crippen molar-refractivity contribution in [2.75, 3.05) is 0 Å². The molecule has 10 saturated carbocycles. The molecule has 0 aromatic carbocycles. The number of hydrogen-bond acceptors (Lipinski definition) is 1. The van der Waals surface area contributed by atoms with Gasteiger partial charge >= 0.3 is 0 Å². The van der Waals surface area contributed by atoms with E-state index >= 15 is 0 Å². The van der Waals surface area contributed by atoms with Gasteiger partial charge < -0.3 is 0 Å². The van der Waals surface area contributed by atoms with Gasteiger partial charge in [-0.2, -0.15) is 0 Å². The molecule has 0 bridgehead atoms. The molecule has 1 nitrogen and oxygen atoms in total.